The van der Waals surface area contributed by atoms with Crippen molar-refractivity contribution in [2.24, 2.45) is 5.92 Å². The molecule has 1 fully saturated rings. The summed E-state index contributed by atoms with van der Waals surface area (Å²) in [6, 6.07) is 6.53. The van der Waals surface area contributed by atoms with Crippen LogP contribution in [0.2, 0.25) is 0 Å². The zero-order valence-corrected chi connectivity index (χ0v) is 9.29. The fourth-order valence-corrected chi connectivity index (χ4v) is 2.83. The number of rotatable bonds is 2. The van der Waals surface area contributed by atoms with Crippen LogP contribution in [0.1, 0.15) is 42.4 Å². The van der Waals surface area contributed by atoms with Crippen LogP contribution in [0.15, 0.2) is 18.2 Å². The lowest BCUT2D eigenvalue weighted by atomic mass is 9.89. The Kier molecular flexibility index (Phi) is 1.93. The van der Waals surface area contributed by atoms with E-state index in [4.69, 9.17) is 0 Å². The van der Waals surface area contributed by atoms with E-state index in [-0.39, 0.29) is 0 Å². The lowest BCUT2D eigenvalue weighted by Gasteiger charge is -2.24. The van der Waals surface area contributed by atoms with Gasteiger partial charge < -0.3 is 5.11 Å². The maximum absolute atomic E-state index is 10.7. The van der Waals surface area contributed by atoms with Crippen LogP contribution >= 0.6 is 0 Å². The highest BCUT2D eigenvalue weighted by atomic mass is 16.3. The number of aliphatic hydroxyl groups is 1. The van der Waals surface area contributed by atoms with Crippen molar-refractivity contribution < 1.29 is 5.11 Å². The molecule has 0 spiro atoms. The predicted molar refractivity (Wildman–Crippen MR) is 60.7 cm³/mol. The average molecular weight is 202 g/mol. The molecule has 2 aliphatic carbocycles. The molecule has 15 heavy (non-hydrogen) atoms. The van der Waals surface area contributed by atoms with E-state index >= 15 is 0 Å². The second-order valence-electron chi connectivity index (χ2n) is 5.34. The summed E-state index contributed by atoms with van der Waals surface area (Å²) in [6.07, 6.45) is 5.62. The Hall–Kier alpha value is -0.820. The number of hydrogen-bond donors (Lipinski definition) is 1. The summed E-state index contributed by atoms with van der Waals surface area (Å²) in [5, 5.41) is 10.7. The molecule has 1 heteroatoms. The third-order valence-corrected chi connectivity index (χ3v) is 3.90. The largest absolute Gasteiger partial charge is 0.385 e. The van der Waals surface area contributed by atoms with E-state index in [1.54, 1.807) is 0 Å². The minimum atomic E-state index is -0.498. The second-order valence-corrected chi connectivity index (χ2v) is 5.34. The number of benzene rings is 1. The first-order valence-corrected chi connectivity index (χ1v) is 6.00. The molecule has 0 aliphatic heterocycles. The number of fused-ring (bicyclic) bond motifs is 1. The molecule has 3 rings (SSSR count). The third-order valence-electron chi connectivity index (χ3n) is 3.90. The summed E-state index contributed by atoms with van der Waals surface area (Å²) in [4.78, 5) is 0. The lowest BCUT2D eigenvalue weighted by Crippen LogP contribution is -2.22. The maximum Gasteiger partial charge on any atom is 0.0905 e. The van der Waals surface area contributed by atoms with Gasteiger partial charge in [-0.15, -0.1) is 0 Å². The van der Waals surface area contributed by atoms with Gasteiger partial charge in [0.25, 0.3) is 0 Å². The van der Waals surface area contributed by atoms with E-state index in [1.807, 2.05) is 0 Å². The molecule has 80 valence electrons. The zero-order valence-electron chi connectivity index (χ0n) is 9.29. The number of aryl methyl sites for hydroxylation is 2. The molecule has 1 atom stereocenters. The first-order valence-electron chi connectivity index (χ1n) is 6.00. The topological polar surface area (TPSA) is 20.2 Å². The quantitative estimate of drug-likeness (QED) is 0.781. The summed E-state index contributed by atoms with van der Waals surface area (Å²) in [7, 11) is 0. The molecule has 1 unspecified atom stereocenters. The van der Waals surface area contributed by atoms with Crippen LogP contribution in [0.25, 0.3) is 0 Å². The second kappa shape index (κ2) is 3.08. The van der Waals surface area contributed by atoms with Gasteiger partial charge in [0, 0.05) is 0 Å². The highest BCUT2D eigenvalue weighted by molar-refractivity contribution is 5.40. The van der Waals surface area contributed by atoms with Crippen molar-refractivity contribution in [1.29, 1.82) is 0 Å². The van der Waals surface area contributed by atoms with Crippen LogP contribution in [0.5, 0.6) is 0 Å². The van der Waals surface area contributed by atoms with E-state index in [0.717, 1.165) is 25.2 Å². The smallest absolute Gasteiger partial charge is 0.0905 e. The van der Waals surface area contributed by atoms with Crippen molar-refractivity contribution in [3.8, 4) is 0 Å². The van der Waals surface area contributed by atoms with Crippen LogP contribution in [0, 0.1) is 12.8 Å². The summed E-state index contributed by atoms with van der Waals surface area (Å²) >= 11 is 0. The molecule has 0 radical (unpaired) electrons. The number of hydrogen-bond acceptors (Lipinski definition) is 1. The van der Waals surface area contributed by atoms with Crippen molar-refractivity contribution >= 4 is 0 Å². The molecule has 0 saturated heterocycles. The molecule has 1 nitrogen and oxygen atoms in total. The average Bonchev–Trinajstić information content (AvgIpc) is 2.94. The fourth-order valence-electron chi connectivity index (χ4n) is 2.83. The molecule has 0 heterocycles. The summed E-state index contributed by atoms with van der Waals surface area (Å²) in [5.74, 6) is 0.793. The Morgan fingerprint density at radius 3 is 2.93 bits per heavy atom. The highest BCUT2D eigenvalue weighted by Gasteiger charge is 2.40. The summed E-state index contributed by atoms with van der Waals surface area (Å²) < 4.78 is 0. The highest BCUT2D eigenvalue weighted by Crippen LogP contribution is 2.47. The van der Waals surface area contributed by atoms with Gasteiger partial charge in [0.15, 0.2) is 0 Å². The first-order chi connectivity index (χ1) is 7.17. The van der Waals surface area contributed by atoms with Crippen LogP contribution < -0.4 is 0 Å². The Morgan fingerprint density at radius 1 is 1.40 bits per heavy atom. The molecule has 0 aromatic heterocycles. The van der Waals surface area contributed by atoms with Gasteiger partial charge in [0.1, 0.15) is 0 Å². The van der Waals surface area contributed by atoms with E-state index in [1.165, 1.54) is 29.5 Å². The van der Waals surface area contributed by atoms with Crippen molar-refractivity contribution in [2.45, 2.75) is 44.6 Å². The van der Waals surface area contributed by atoms with E-state index in [2.05, 4.69) is 25.1 Å². The molecule has 0 bridgehead atoms. The standard InChI is InChI=1S/C14H18O/c1-10-2-5-12-6-7-14(15,13(12)8-10)9-11-3-4-11/h2,5,8,11,15H,3-4,6-7,9H2,1H3. The normalized spacial score (nSPS) is 29.2. The Morgan fingerprint density at radius 2 is 2.20 bits per heavy atom. The van der Waals surface area contributed by atoms with Gasteiger partial charge in [-0.05, 0) is 43.2 Å². The minimum Gasteiger partial charge on any atom is -0.385 e. The van der Waals surface area contributed by atoms with Gasteiger partial charge in [-0.1, -0.05) is 36.6 Å². The predicted octanol–water partition coefficient (Wildman–Crippen LogP) is 2.93. The molecule has 1 aromatic rings. The molecule has 2 aliphatic rings. The van der Waals surface area contributed by atoms with Crippen LogP contribution in [-0.2, 0) is 12.0 Å². The van der Waals surface area contributed by atoms with Gasteiger partial charge in [-0.3, -0.25) is 0 Å². The Balaban J connectivity index is 1.97. The van der Waals surface area contributed by atoms with Gasteiger partial charge >= 0.3 is 0 Å². The SMILES string of the molecule is Cc1ccc2c(c1)C(O)(CC1CC1)CC2. The minimum absolute atomic E-state index is 0.498. The van der Waals surface area contributed by atoms with Crippen molar-refractivity contribution in [2.75, 3.05) is 0 Å². The van der Waals surface area contributed by atoms with Crippen LogP contribution in [0.4, 0.5) is 0 Å². The van der Waals surface area contributed by atoms with Gasteiger partial charge in [0.05, 0.1) is 5.60 Å². The zero-order chi connectivity index (χ0) is 10.5. The summed E-state index contributed by atoms with van der Waals surface area (Å²) in [5.41, 5.74) is 3.35. The fraction of sp³-hybridized carbons (Fsp3) is 0.571. The van der Waals surface area contributed by atoms with Crippen molar-refractivity contribution in [3.63, 3.8) is 0 Å². The molecule has 1 aromatic carbocycles. The van der Waals surface area contributed by atoms with Crippen LogP contribution in [0.3, 0.4) is 0 Å². The van der Waals surface area contributed by atoms with Crippen molar-refractivity contribution in [3.05, 3.63) is 34.9 Å². The molecule has 1 N–H and O–H groups in total. The van der Waals surface area contributed by atoms with Gasteiger partial charge in [-0.2, -0.15) is 0 Å². The monoisotopic (exact) mass is 202 g/mol. The third kappa shape index (κ3) is 1.59. The van der Waals surface area contributed by atoms with Crippen molar-refractivity contribution in [1.82, 2.24) is 0 Å². The lowest BCUT2D eigenvalue weighted by molar-refractivity contribution is 0.0237. The van der Waals surface area contributed by atoms with E-state index in [0.29, 0.717) is 0 Å². The van der Waals surface area contributed by atoms with E-state index in [9.17, 15) is 5.11 Å². The Labute approximate surface area is 91.1 Å². The van der Waals surface area contributed by atoms with Gasteiger partial charge in [-0.25, -0.2) is 0 Å². The molecule has 0 amide bonds. The van der Waals surface area contributed by atoms with E-state index < -0.39 is 5.60 Å². The Bertz CT molecular complexity index is 392. The molecular formula is C14H18O. The maximum atomic E-state index is 10.7. The molecular weight excluding hydrogens is 184 g/mol. The van der Waals surface area contributed by atoms with Crippen LogP contribution in [-0.4, -0.2) is 5.11 Å². The first kappa shape index (κ1) is 9.41. The summed E-state index contributed by atoms with van der Waals surface area (Å²) in [6.45, 7) is 2.11. The van der Waals surface area contributed by atoms with Gasteiger partial charge in [0.2, 0.25) is 0 Å². The molecule has 1 saturated carbocycles.